The van der Waals surface area contributed by atoms with Crippen LogP contribution in [-0.4, -0.2) is 60.5 Å². The Morgan fingerprint density at radius 1 is 1.00 bits per heavy atom. The van der Waals surface area contributed by atoms with E-state index in [1.165, 1.54) is 0 Å². The first-order valence-electron chi connectivity index (χ1n) is 9.95. The number of benzene rings is 2. The lowest BCUT2D eigenvalue weighted by atomic mass is 10.0. The molecule has 154 valence electrons. The molecule has 1 fully saturated rings. The molecule has 0 aliphatic carbocycles. The molecule has 0 atom stereocenters. The van der Waals surface area contributed by atoms with Gasteiger partial charge in [0.25, 0.3) is 5.91 Å². The second-order valence-electron chi connectivity index (χ2n) is 7.37. The molecule has 2 aromatic carbocycles. The van der Waals surface area contributed by atoms with Crippen molar-refractivity contribution in [1.29, 1.82) is 0 Å². The van der Waals surface area contributed by atoms with Gasteiger partial charge in [-0.1, -0.05) is 38.1 Å². The van der Waals surface area contributed by atoms with Crippen LogP contribution < -0.4 is 5.32 Å². The molecule has 3 rings (SSSR count). The third kappa shape index (κ3) is 4.67. The normalized spacial score (nSPS) is 14.2. The highest BCUT2D eigenvalue weighted by atomic mass is 16.6. The number of anilines is 1. The second-order valence-corrected chi connectivity index (χ2v) is 7.37. The first kappa shape index (κ1) is 20.6. The van der Waals surface area contributed by atoms with Crippen LogP contribution in [0.4, 0.5) is 10.5 Å². The van der Waals surface area contributed by atoms with Crippen LogP contribution in [0, 0.1) is 5.92 Å². The van der Waals surface area contributed by atoms with Crippen LogP contribution in [0.15, 0.2) is 36.4 Å². The number of rotatable bonds is 4. The molecular weight excluding hydrogens is 370 g/mol. The van der Waals surface area contributed by atoms with Crippen molar-refractivity contribution in [2.45, 2.75) is 20.8 Å². The first-order valence-corrected chi connectivity index (χ1v) is 9.95. The van der Waals surface area contributed by atoms with Gasteiger partial charge in [0.2, 0.25) is 5.91 Å². The van der Waals surface area contributed by atoms with Crippen molar-refractivity contribution in [3.05, 3.63) is 42.0 Å². The lowest BCUT2D eigenvalue weighted by Crippen LogP contribution is -2.50. The van der Waals surface area contributed by atoms with Crippen LogP contribution in [0.1, 0.15) is 31.1 Å². The van der Waals surface area contributed by atoms with E-state index in [4.69, 9.17) is 4.74 Å². The average molecular weight is 397 g/mol. The molecule has 0 unspecified atom stereocenters. The molecular formula is C22H27N3O4. The van der Waals surface area contributed by atoms with Crippen molar-refractivity contribution < 1.29 is 19.1 Å². The van der Waals surface area contributed by atoms with Crippen molar-refractivity contribution in [2.24, 2.45) is 5.92 Å². The minimum atomic E-state index is -0.352. The zero-order valence-electron chi connectivity index (χ0n) is 17.1. The summed E-state index contributed by atoms with van der Waals surface area (Å²) < 4.78 is 5.03. The fourth-order valence-electron chi connectivity index (χ4n) is 3.27. The molecule has 29 heavy (non-hydrogen) atoms. The van der Waals surface area contributed by atoms with E-state index in [1.807, 2.05) is 50.2 Å². The Labute approximate surface area is 170 Å². The standard InChI is InChI=1S/C22H27N3O4/c1-4-29-22(28)25-11-9-24(10-12-25)21(27)18-13-16-7-5-6-8-17(16)14-19(18)23-20(26)15(2)3/h5-8,13-15H,4,9-12H2,1-3H3,(H,23,26). The number of nitrogens with zero attached hydrogens (tertiary/aromatic N) is 2. The summed E-state index contributed by atoms with van der Waals surface area (Å²) in [5.41, 5.74) is 0.975. The monoisotopic (exact) mass is 397 g/mol. The average Bonchev–Trinajstić information content (AvgIpc) is 2.73. The molecule has 1 aliphatic rings. The van der Waals surface area contributed by atoms with Crippen LogP contribution in [0.3, 0.4) is 0 Å². The van der Waals surface area contributed by atoms with E-state index < -0.39 is 0 Å². The number of hydrogen-bond acceptors (Lipinski definition) is 4. The van der Waals surface area contributed by atoms with Crippen molar-refractivity contribution in [2.75, 3.05) is 38.1 Å². The molecule has 0 saturated carbocycles. The Balaban J connectivity index is 1.84. The molecule has 1 N–H and O–H groups in total. The molecule has 1 heterocycles. The molecule has 0 bridgehead atoms. The first-order chi connectivity index (χ1) is 13.9. The molecule has 1 aliphatic heterocycles. The van der Waals surface area contributed by atoms with Crippen LogP contribution in [0.2, 0.25) is 0 Å². The van der Waals surface area contributed by atoms with Crippen LogP contribution in [0.5, 0.6) is 0 Å². The predicted molar refractivity (Wildman–Crippen MR) is 112 cm³/mol. The zero-order valence-corrected chi connectivity index (χ0v) is 17.1. The van der Waals surface area contributed by atoms with Gasteiger partial charge in [-0.15, -0.1) is 0 Å². The minimum Gasteiger partial charge on any atom is -0.450 e. The number of carbonyl (C=O) groups is 3. The van der Waals surface area contributed by atoms with E-state index in [0.29, 0.717) is 44.0 Å². The Morgan fingerprint density at radius 3 is 2.17 bits per heavy atom. The molecule has 0 radical (unpaired) electrons. The minimum absolute atomic E-state index is 0.138. The van der Waals surface area contributed by atoms with Gasteiger partial charge in [0.15, 0.2) is 0 Å². The van der Waals surface area contributed by atoms with E-state index in [9.17, 15) is 14.4 Å². The number of ether oxygens (including phenoxy) is 1. The zero-order chi connectivity index (χ0) is 21.0. The highest BCUT2D eigenvalue weighted by Gasteiger charge is 2.27. The van der Waals surface area contributed by atoms with Crippen molar-refractivity contribution in [3.8, 4) is 0 Å². The van der Waals surface area contributed by atoms with E-state index in [-0.39, 0.29) is 23.8 Å². The summed E-state index contributed by atoms with van der Waals surface area (Å²) in [4.78, 5) is 40.7. The third-order valence-electron chi connectivity index (χ3n) is 4.99. The van der Waals surface area contributed by atoms with Gasteiger partial charge in [0.05, 0.1) is 17.9 Å². The lowest BCUT2D eigenvalue weighted by Gasteiger charge is -2.34. The topological polar surface area (TPSA) is 79.0 Å². The number of carbonyl (C=O) groups excluding carboxylic acids is 3. The highest BCUT2D eigenvalue weighted by Crippen LogP contribution is 2.26. The van der Waals surface area contributed by atoms with Gasteiger partial charge in [-0.05, 0) is 29.8 Å². The Bertz CT molecular complexity index is 917. The summed E-state index contributed by atoms with van der Waals surface area (Å²) >= 11 is 0. The maximum Gasteiger partial charge on any atom is 0.409 e. The summed E-state index contributed by atoms with van der Waals surface area (Å²) in [5.74, 6) is -0.489. The van der Waals surface area contributed by atoms with Crippen LogP contribution >= 0.6 is 0 Å². The summed E-state index contributed by atoms with van der Waals surface area (Å²) in [7, 11) is 0. The predicted octanol–water partition coefficient (Wildman–Crippen LogP) is 3.35. The number of hydrogen-bond donors (Lipinski definition) is 1. The van der Waals surface area contributed by atoms with Gasteiger partial charge in [-0.25, -0.2) is 4.79 Å². The lowest BCUT2D eigenvalue weighted by molar-refractivity contribution is -0.118. The van der Waals surface area contributed by atoms with Crippen LogP contribution in [0.25, 0.3) is 10.8 Å². The summed E-state index contributed by atoms with van der Waals surface area (Å²) in [6.45, 7) is 7.40. The maximum atomic E-state index is 13.3. The van der Waals surface area contributed by atoms with E-state index in [2.05, 4.69) is 5.32 Å². The Hall–Kier alpha value is -3.09. The van der Waals surface area contributed by atoms with Gasteiger partial charge >= 0.3 is 6.09 Å². The second kappa shape index (κ2) is 8.94. The SMILES string of the molecule is CCOC(=O)N1CCN(C(=O)c2cc3ccccc3cc2NC(=O)C(C)C)CC1. The highest BCUT2D eigenvalue weighted by molar-refractivity contribution is 6.08. The molecule has 0 spiro atoms. The molecule has 2 aromatic rings. The van der Waals surface area contributed by atoms with E-state index in [0.717, 1.165) is 10.8 Å². The van der Waals surface area contributed by atoms with Gasteiger partial charge in [0.1, 0.15) is 0 Å². The maximum absolute atomic E-state index is 13.3. The van der Waals surface area contributed by atoms with Gasteiger partial charge in [-0.2, -0.15) is 0 Å². The van der Waals surface area contributed by atoms with E-state index in [1.54, 1.807) is 16.7 Å². The summed E-state index contributed by atoms with van der Waals surface area (Å²) in [6.07, 6.45) is -0.352. The van der Waals surface area contributed by atoms with Crippen molar-refractivity contribution in [3.63, 3.8) is 0 Å². The fourth-order valence-corrected chi connectivity index (χ4v) is 3.27. The van der Waals surface area contributed by atoms with Crippen LogP contribution in [-0.2, 0) is 9.53 Å². The van der Waals surface area contributed by atoms with Gasteiger partial charge < -0.3 is 19.9 Å². The Morgan fingerprint density at radius 2 is 1.59 bits per heavy atom. The van der Waals surface area contributed by atoms with E-state index >= 15 is 0 Å². The molecule has 0 aromatic heterocycles. The third-order valence-corrected chi connectivity index (χ3v) is 4.99. The summed E-state index contributed by atoms with van der Waals surface area (Å²) in [5, 5.41) is 4.78. The molecule has 1 saturated heterocycles. The quantitative estimate of drug-likeness (QED) is 0.858. The molecule has 3 amide bonds. The smallest absolute Gasteiger partial charge is 0.409 e. The number of piperazine rings is 1. The number of nitrogens with one attached hydrogen (secondary N) is 1. The molecule has 7 heteroatoms. The molecule has 7 nitrogen and oxygen atoms in total. The van der Waals surface area contributed by atoms with Crippen molar-refractivity contribution in [1.82, 2.24) is 9.80 Å². The number of fused-ring (bicyclic) bond motifs is 1. The van der Waals surface area contributed by atoms with Crippen molar-refractivity contribution >= 4 is 34.4 Å². The fraction of sp³-hybridized carbons (Fsp3) is 0.409. The Kier molecular flexibility index (Phi) is 6.36. The largest absolute Gasteiger partial charge is 0.450 e. The summed E-state index contributed by atoms with van der Waals surface area (Å²) in [6, 6.07) is 11.4. The number of amides is 3. The van der Waals surface area contributed by atoms with Gasteiger partial charge in [-0.3, -0.25) is 9.59 Å². The van der Waals surface area contributed by atoms with Gasteiger partial charge in [0, 0.05) is 32.1 Å².